The third kappa shape index (κ3) is 6.72. The summed E-state index contributed by atoms with van der Waals surface area (Å²) in [6.07, 6.45) is 5.07. The van der Waals surface area contributed by atoms with Crippen LogP contribution in [-0.2, 0) is 47.9 Å². The summed E-state index contributed by atoms with van der Waals surface area (Å²) in [7, 11) is 0. The summed E-state index contributed by atoms with van der Waals surface area (Å²) < 4.78 is 12.0. The molecule has 2 heterocycles. The van der Waals surface area contributed by atoms with E-state index >= 15 is 0 Å². The number of nitrogens with zero attached hydrogens (tertiary/aromatic N) is 2. The van der Waals surface area contributed by atoms with Crippen molar-refractivity contribution in [3.63, 3.8) is 0 Å². The molecule has 1 aliphatic carbocycles. The van der Waals surface area contributed by atoms with Gasteiger partial charge in [0.15, 0.2) is 0 Å². The molecule has 0 N–H and O–H groups in total. The van der Waals surface area contributed by atoms with Crippen molar-refractivity contribution in [2.45, 2.75) is 77.3 Å². The molecular formula is C37H36Br2N2O2Pd2. The molecule has 6 rings (SSSR count). The second-order valence-corrected chi connectivity index (χ2v) is 17.3. The summed E-state index contributed by atoms with van der Waals surface area (Å²) in [6.45, 7) is 12.8. The number of allylic oxidation sites excluding steroid dienone is 3. The average molecular weight is 913 g/mol. The Labute approximate surface area is 305 Å². The quantitative estimate of drug-likeness (QED) is 0.183. The van der Waals surface area contributed by atoms with Crippen LogP contribution < -0.4 is 0 Å². The number of aliphatic imine (C=N–C) groups is 2. The Balaban J connectivity index is 1.31. The SMILES string of the molecule is Cc1cccc(C2=CC(C)(Br)C(Br)C(C3=N[C@](C)(C[C@@]4(C)N=C(c5cc(C)cc(-c6cccc(C)c6)c5)O[CH]4[Pd])[CH]([Pd])O3)=C2)c1. The van der Waals surface area contributed by atoms with E-state index in [1.54, 1.807) is 0 Å². The van der Waals surface area contributed by atoms with Crippen LogP contribution in [0.15, 0.2) is 94.4 Å². The average Bonchev–Trinajstić information content (AvgIpc) is 3.43. The van der Waals surface area contributed by atoms with Crippen LogP contribution in [0.25, 0.3) is 16.7 Å². The molecule has 0 amide bonds. The standard InChI is InChI=1S/C37H36Br2N2O2.2Pd/c1-23-9-7-11-26(13-23)28-15-25(3)16-29(17-28)33-40-35(4,21-42-33)20-36(5)22-43-34(41-36)31-18-30(19-37(6,39)32(31)38)27-12-8-10-24(2)14-27;;/h7-19,21-22,32H,20H2,1-6H3;;/t32?,35-,36-,37?;;/m1../s1. The molecule has 0 saturated heterocycles. The normalized spacial score (nSPS) is 31.1. The molecule has 4 unspecified atom stereocenters. The molecule has 45 heavy (non-hydrogen) atoms. The molecule has 0 aromatic heterocycles. The van der Waals surface area contributed by atoms with E-state index in [0.717, 1.165) is 27.8 Å². The zero-order valence-electron chi connectivity index (χ0n) is 26.0. The summed E-state index contributed by atoms with van der Waals surface area (Å²) in [6, 6.07) is 23.7. The van der Waals surface area contributed by atoms with Crippen molar-refractivity contribution in [1.82, 2.24) is 0 Å². The molecule has 3 aromatic carbocycles. The minimum atomic E-state index is -0.576. The van der Waals surface area contributed by atoms with Gasteiger partial charge in [-0.2, -0.15) is 0 Å². The van der Waals surface area contributed by atoms with Crippen LogP contribution in [0, 0.1) is 20.8 Å². The molecule has 3 aromatic rings. The van der Waals surface area contributed by atoms with E-state index in [9.17, 15) is 0 Å². The third-order valence-corrected chi connectivity index (χ3v) is 13.6. The first-order chi connectivity index (χ1) is 21.2. The summed E-state index contributed by atoms with van der Waals surface area (Å²) in [5.41, 5.74) is 9.09. The Morgan fingerprint density at radius 2 is 1.24 bits per heavy atom. The number of hydrogen-bond donors (Lipinski definition) is 0. The van der Waals surface area contributed by atoms with Crippen LogP contribution >= 0.6 is 31.9 Å². The molecule has 0 spiro atoms. The number of rotatable bonds is 6. The Kier molecular flexibility index (Phi) is 9.19. The Morgan fingerprint density at radius 3 is 1.89 bits per heavy atom. The van der Waals surface area contributed by atoms with Crippen molar-refractivity contribution < 1.29 is 47.9 Å². The van der Waals surface area contributed by atoms with Gasteiger partial charge >= 0.3 is 308 Å². The van der Waals surface area contributed by atoms with Gasteiger partial charge in [-0.15, -0.1) is 0 Å². The van der Waals surface area contributed by atoms with Gasteiger partial charge in [0.05, 0.1) is 0 Å². The van der Waals surface area contributed by atoms with Gasteiger partial charge in [0, 0.05) is 0 Å². The van der Waals surface area contributed by atoms with E-state index in [1.807, 2.05) is 0 Å². The number of benzene rings is 3. The fourth-order valence-corrected chi connectivity index (χ4v) is 8.10. The van der Waals surface area contributed by atoms with E-state index in [0.29, 0.717) is 18.2 Å². The fourth-order valence-electron chi connectivity index (χ4n) is 6.29. The Hall–Kier alpha value is -1.64. The van der Waals surface area contributed by atoms with Gasteiger partial charge in [-0.25, -0.2) is 0 Å². The van der Waals surface area contributed by atoms with Crippen molar-refractivity contribution >= 4 is 49.2 Å². The minimum absolute atomic E-state index is 0.0336. The molecule has 0 radical (unpaired) electrons. The van der Waals surface area contributed by atoms with Gasteiger partial charge in [-0.05, 0) is 0 Å². The molecule has 240 valence electrons. The van der Waals surface area contributed by atoms with E-state index in [2.05, 4.69) is 191 Å². The maximum atomic E-state index is 6.52. The van der Waals surface area contributed by atoms with Crippen LogP contribution in [0.3, 0.4) is 0 Å². The molecule has 8 heteroatoms. The van der Waals surface area contributed by atoms with Crippen LogP contribution in [0.4, 0.5) is 0 Å². The molecule has 6 atom stereocenters. The topological polar surface area (TPSA) is 43.2 Å². The fraction of sp³-hybridized carbons (Fsp3) is 0.351. The molecule has 3 aliphatic rings. The molecule has 4 nitrogen and oxygen atoms in total. The van der Waals surface area contributed by atoms with Gasteiger partial charge < -0.3 is 0 Å². The number of aryl methyl sites for hydroxylation is 3. The van der Waals surface area contributed by atoms with E-state index in [1.165, 1.54) is 22.3 Å². The summed E-state index contributed by atoms with van der Waals surface area (Å²) in [5.74, 6) is 1.29. The summed E-state index contributed by atoms with van der Waals surface area (Å²) in [4.78, 5) is 10.5. The zero-order valence-corrected chi connectivity index (χ0v) is 32.3. The van der Waals surface area contributed by atoms with Crippen LogP contribution in [0.2, 0.25) is 0 Å². The number of hydrogen-bond acceptors (Lipinski definition) is 4. The van der Waals surface area contributed by atoms with Crippen molar-refractivity contribution in [3.8, 4) is 11.1 Å². The van der Waals surface area contributed by atoms with Gasteiger partial charge in [-0.3, -0.25) is 0 Å². The predicted molar refractivity (Wildman–Crippen MR) is 184 cm³/mol. The van der Waals surface area contributed by atoms with E-state index in [-0.39, 0.29) is 18.3 Å². The van der Waals surface area contributed by atoms with Crippen molar-refractivity contribution in [2.24, 2.45) is 9.98 Å². The molecule has 0 fully saturated rings. The van der Waals surface area contributed by atoms with Gasteiger partial charge in [0.1, 0.15) is 0 Å². The van der Waals surface area contributed by atoms with Crippen LogP contribution in [0.1, 0.15) is 55.0 Å². The van der Waals surface area contributed by atoms with Crippen LogP contribution in [0.5, 0.6) is 0 Å². The number of alkyl halides is 2. The monoisotopic (exact) mass is 910 g/mol. The first kappa shape index (κ1) is 33.3. The second-order valence-electron chi connectivity index (χ2n) is 13.1. The van der Waals surface area contributed by atoms with Gasteiger partial charge in [0.2, 0.25) is 0 Å². The molecule has 0 saturated carbocycles. The Morgan fingerprint density at radius 1 is 0.711 bits per heavy atom. The maximum absolute atomic E-state index is 6.52. The Bertz CT molecular complexity index is 1800. The predicted octanol–water partition coefficient (Wildman–Crippen LogP) is 9.08. The van der Waals surface area contributed by atoms with Crippen molar-refractivity contribution in [3.05, 3.63) is 112 Å². The summed E-state index contributed by atoms with van der Waals surface area (Å²) >= 11 is 14.9. The first-order valence-corrected chi connectivity index (χ1v) is 18.4. The number of ether oxygens (including phenoxy) is 2. The van der Waals surface area contributed by atoms with E-state index in [4.69, 9.17) is 19.5 Å². The third-order valence-electron chi connectivity index (χ3n) is 8.54. The second kappa shape index (κ2) is 12.4. The van der Waals surface area contributed by atoms with Gasteiger partial charge in [0.25, 0.3) is 0 Å². The zero-order chi connectivity index (χ0) is 32.3. The van der Waals surface area contributed by atoms with E-state index < -0.39 is 11.1 Å². The van der Waals surface area contributed by atoms with Gasteiger partial charge in [-0.1, -0.05) is 0 Å². The molecular weight excluding hydrogens is 877 g/mol. The molecule has 2 aliphatic heterocycles. The van der Waals surface area contributed by atoms with Crippen molar-refractivity contribution in [1.29, 1.82) is 0 Å². The van der Waals surface area contributed by atoms with Crippen LogP contribution in [-0.4, -0.2) is 41.2 Å². The number of halogens is 2. The molecule has 0 bridgehead atoms. The van der Waals surface area contributed by atoms with Crippen molar-refractivity contribution in [2.75, 3.05) is 0 Å². The first-order valence-electron chi connectivity index (χ1n) is 14.9. The summed E-state index contributed by atoms with van der Waals surface area (Å²) in [5, 5.41) is 0.